The number of amides is 1. The Morgan fingerprint density at radius 1 is 1.10 bits per heavy atom. The fourth-order valence-electron chi connectivity index (χ4n) is 3.34. The normalized spacial score (nSPS) is 14.0. The van der Waals surface area contributed by atoms with E-state index in [1.807, 2.05) is 38.2 Å². The molecule has 7 heteroatoms. The summed E-state index contributed by atoms with van der Waals surface area (Å²) in [6.45, 7) is 8.04. The Balaban J connectivity index is 1.83. The van der Waals surface area contributed by atoms with E-state index in [0.717, 1.165) is 55.5 Å². The van der Waals surface area contributed by atoms with Crippen molar-refractivity contribution in [1.82, 2.24) is 14.9 Å². The van der Waals surface area contributed by atoms with Crippen LogP contribution >= 0.6 is 0 Å². The number of ether oxygens (including phenoxy) is 1. The number of piperazine rings is 1. The van der Waals surface area contributed by atoms with Gasteiger partial charge >= 0.3 is 6.09 Å². The van der Waals surface area contributed by atoms with Crippen LogP contribution in [0.5, 0.6) is 0 Å². The lowest BCUT2D eigenvalue weighted by Gasteiger charge is -2.35. The summed E-state index contributed by atoms with van der Waals surface area (Å²) in [6, 6.07) is 12.2. The quantitative estimate of drug-likeness (QED) is 0.711. The van der Waals surface area contributed by atoms with Gasteiger partial charge in [-0.1, -0.05) is 43.7 Å². The Kier molecular flexibility index (Phi) is 7.27. The molecular weight excluding hydrogens is 366 g/mol. The Labute approximate surface area is 173 Å². The summed E-state index contributed by atoms with van der Waals surface area (Å²) in [6.07, 6.45) is 1.99. The monoisotopic (exact) mass is 397 g/mol. The number of hydrogen-bond donors (Lipinski definition) is 0. The fourth-order valence-corrected chi connectivity index (χ4v) is 3.34. The molecule has 0 atom stereocenters. The summed E-state index contributed by atoms with van der Waals surface area (Å²) >= 11 is 0. The maximum atomic E-state index is 12.0. The van der Waals surface area contributed by atoms with E-state index in [1.54, 1.807) is 4.90 Å². The van der Waals surface area contributed by atoms with E-state index in [1.165, 1.54) is 0 Å². The minimum Gasteiger partial charge on any atom is -0.450 e. The van der Waals surface area contributed by atoms with Gasteiger partial charge in [0, 0.05) is 51.4 Å². The molecule has 2 aromatic rings. The van der Waals surface area contributed by atoms with Gasteiger partial charge in [-0.2, -0.15) is 4.98 Å². The SMILES string of the molecule is CCCCN(C)c1nc(-c2ccccc2)cc(N2CCN(C(=O)OCC)CC2)n1. The largest absolute Gasteiger partial charge is 0.450 e. The van der Waals surface area contributed by atoms with Crippen molar-refractivity contribution in [3.05, 3.63) is 36.4 Å². The van der Waals surface area contributed by atoms with Gasteiger partial charge in [-0.3, -0.25) is 0 Å². The van der Waals surface area contributed by atoms with E-state index in [4.69, 9.17) is 14.7 Å². The van der Waals surface area contributed by atoms with Gasteiger partial charge < -0.3 is 19.4 Å². The predicted molar refractivity (Wildman–Crippen MR) is 116 cm³/mol. The Hall–Kier alpha value is -2.83. The molecular formula is C22H31N5O2. The van der Waals surface area contributed by atoms with Gasteiger partial charge in [0.25, 0.3) is 0 Å². The number of benzene rings is 1. The van der Waals surface area contributed by atoms with Crippen molar-refractivity contribution in [2.75, 3.05) is 56.2 Å². The van der Waals surface area contributed by atoms with Crippen molar-refractivity contribution < 1.29 is 9.53 Å². The molecule has 1 saturated heterocycles. The second-order valence-corrected chi connectivity index (χ2v) is 7.23. The van der Waals surface area contributed by atoms with Gasteiger partial charge in [0.15, 0.2) is 0 Å². The van der Waals surface area contributed by atoms with Gasteiger partial charge in [0.2, 0.25) is 5.95 Å². The highest BCUT2D eigenvalue weighted by Gasteiger charge is 2.24. The maximum Gasteiger partial charge on any atom is 0.409 e. The number of nitrogens with zero attached hydrogens (tertiary/aromatic N) is 5. The van der Waals surface area contributed by atoms with Crippen LogP contribution in [0.2, 0.25) is 0 Å². The standard InChI is InChI=1S/C22H31N5O2/c1-4-6-12-25(3)21-23-19(18-10-8-7-9-11-18)17-20(24-21)26-13-15-27(16-14-26)22(28)29-5-2/h7-11,17H,4-6,12-16H2,1-3H3. The molecule has 1 fully saturated rings. The summed E-state index contributed by atoms with van der Waals surface area (Å²) in [5.41, 5.74) is 1.99. The number of rotatable bonds is 7. The van der Waals surface area contributed by atoms with E-state index in [-0.39, 0.29) is 6.09 Å². The van der Waals surface area contributed by atoms with E-state index in [9.17, 15) is 4.79 Å². The molecule has 156 valence electrons. The molecule has 2 heterocycles. The third-order valence-electron chi connectivity index (χ3n) is 5.09. The Morgan fingerprint density at radius 2 is 1.83 bits per heavy atom. The van der Waals surface area contributed by atoms with E-state index >= 15 is 0 Å². The number of anilines is 2. The highest BCUT2D eigenvalue weighted by atomic mass is 16.6. The van der Waals surface area contributed by atoms with E-state index in [2.05, 4.69) is 28.9 Å². The van der Waals surface area contributed by atoms with Crippen molar-refractivity contribution in [3.63, 3.8) is 0 Å². The molecule has 0 bridgehead atoms. The minimum atomic E-state index is -0.236. The molecule has 1 amide bonds. The van der Waals surface area contributed by atoms with Gasteiger partial charge in [-0.25, -0.2) is 9.78 Å². The second kappa shape index (κ2) is 10.1. The van der Waals surface area contributed by atoms with Crippen LogP contribution in [0.25, 0.3) is 11.3 Å². The molecule has 7 nitrogen and oxygen atoms in total. The van der Waals surface area contributed by atoms with Gasteiger partial charge in [0.1, 0.15) is 5.82 Å². The van der Waals surface area contributed by atoms with Gasteiger partial charge in [-0.05, 0) is 13.3 Å². The van der Waals surface area contributed by atoms with Crippen molar-refractivity contribution in [2.24, 2.45) is 0 Å². The summed E-state index contributed by atoms with van der Waals surface area (Å²) in [7, 11) is 2.04. The molecule has 0 spiro atoms. The molecule has 1 aromatic heterocycles. The van der Waals surface area contributed by atoms with Crippen LogP contribution in [0, 0.1) is 0 Å². The number of unbranched alkanes of at least 4 members (excludes halogenated alkanes) is 1. The minimum absolute atomic E-state index is 0.236. The van der Waals surface area contributed by atoms with E-state index < -0.39 is 0 Å². The maximum absolute atomic E-state index is 12.0. The molecule has 1 aliphatic heterocycles. The Morgan fingerprint density at radius 3 is 2.48 bits per heavy atom. The van der Waals surface area contributed by atoms with Crippen molar-refractivity contribution in [2.45, 2.75) is 26.7 Å². The van der Waals surface area contributed by atoms with Gasteiger partial charge in [0.05, 0.1) is 12.3 Å². The number of carbonyl (C=O) groups excluding carboxylic acids is 1. The zero-order valence-electron chi connectivity index (χ0n) is 17.7. The first-order chi connectivity index (χ1) is 14.1. The average Bonchev–Trinajstić information content (AvgIpc) is 2.78. The topological polar surface area (TPSA) is 61.8 Å². The van der Waals surface area contributed by atoms with Gasteiger partial charge in [-0.15, -0.1) is 0 Å². The van der Waals surface area contributed by atoms with Crippen LogP contribution in [-0.4, -0.2) is 67.3 Å². The van der Waals surface area contributed by atoms with Crippen molar-refractivity contribution >= 4 is 17.9 Å². The molecule has 0 N–H and O–H groups in total. The highest BCUT2D eigenvalue weighted by Crippen LogP contribution is 2.25. The molecule has 0 aliphatic carbocycles. The summed E-state index contributed by atoms with van der Waals surface area (Å²) < 4.78 is 5.12. The Bertz CT molecular complexity index is 791. The lowest BCUT2D eigenvalue weighted by Crippen LogP contribution is -2.49. The van der Waals surface area contributed by atoms with Crippen LogP contribution in [-0.2, 0) is 4.74 Å². The second-order valence-electron chi connectivity index (χ2n) is 7.23. The van der Waals surface area contributed by atoms with Crippen LogP contribution in [0.3, 0.4) is 0 Å². The van der Waals surface area contributed by atoms with Crippen LogP contribution in [0.1, 0.15) is 26.7 Å². The van der Waals surface area contributed by atoms with Crippen LogP contribution in [0.4, 0.5) is 16.6 Å². The number of carbonyl (C=O) groups is 1. The predicted octanol–water partition coefficient (Wildman–Crippen LogP) is 3.66. The number of aromatic nitrogens is 2. The first-order valence-corrected chi connectivity index (χ1v) is 10.4. The summed E-state index contributed by atoms with van der Waals surface area (Å²) in [4.78, 5) is 27.7. The van der Waals surface area contributed by atoms with E-state index in [0.29, 0.717) is 19.7 Å². The zero-order valence-corrected chi connectivity index (χ0v) is 17.7. The third kappa shape index (κ3) is 5.37. The first-order valence-electron chi connectivity index (χ1n) is 10.4. The zero-order chi connectivity index (χ0) is 20.6. The fraction of sp³-hybridized carbons (Fsp3) is 0.500. The molecule has 1 aromatic carbocycles. The van der Waals surface area contributed by atoms with Crippen molar-refractivity contribution in [1.29, 1.82) is 0 Å². The first kappa shape index (κ1) is 20.9. The summed E-state index contributed by atoms with van der Waals surface area (Å²) in [5, 5.41) is 0. The molecule has 0 unspecified atom stereocenters. The van der Waals surface area contributed by atoms with Crippen molar-refractivity contribution in [3.8, 4) is 11.3 Å². The lowest BCUT2D eigenvalue weighted by atomic mass is 10.1. The van der Waals surface area contributed by atoms with Crippen LogP contribution < -0.4 is 9.80 Å². The molecule has 0 saturated carbocycles. The average molecular weight is 398 g/mol. The third-order valence-corrected chi connectivity index (χ3v) is 5.09. The smallest absolute Gasteiger partial charge is 0.409 e. The lowest BCUT2D eigenvalue weighted by molar-refractivity contribution is 0.105. The summed E-state index contributed by atoms with van der Waals surface area (Å²) in [5.74, 6) is 1.64. The molecule has 29 heavy (non-hydrogen) atoms. The highest BCUT2D eigenvalue weighted by molar-refractivity contribution is 5.68. The number of hydrogen-bond acceptors (Lipinski definition) is 6. The molecule has 0 radical (unpaired) electrons. The van der Waals surface area contributed by atoms with Crippen LogP contribution in [0.15, 0.2) is 36.4 Å². The molecule has 1 aliphatic rings. The molecule has 3 rings (SSSR count).